The van der Waals surface area contributed by atoms with Crippen LogP contribution in [0.3, 0.4) is 0 Å². The summed E-state index contributed by atoms with van der Waals surface area (Å²) in [7, 11) is -2.93. The lowest BCUT2D eigenvalue weighted by Gasteiger charge is -2.05. The number of fused-ring (bicyclic) bond motifs is 1. The van der Waals surface area contributed by atoms with Crippen molar-refractivity contribution in [1.82, 2.24) is 9.88 Å². The van der Waals surface area contributed by atoms with Crippen molar-refractivity contribution in [3.05, 3.63) is 36.0 Å². The van der Waals surface area contributed by atoms with Crippen molar-refractivity contribution in [2.45, 2.75) is 38.9 Å². The number of nitrogens with one attached hydrogen (secondary N) is 1. The molecule has 0 amide bonds. The van der Waals surface area contributed by atoms with Crippen molar-refractivity contribution in [3.63, 3.8) is 0 Å². The van der Waals surface area contributed by atoms with E-state index in [2.05, 4.69) is 28.2 Å². The molecule has 1 fully saturated rings. The molecule has 2 aromatic rings. The van der Waals surface area contributed by atoms with Gasteiger partial charge >= 0.3 is 0 Å². The van der Waals surface area contributed by atoms with Crippen LogP contribution in [0.2, 0.25) is 0 Å². The van der Waals surface area contributed by atoms with E-state index in [1.807, 2.05) is 12.1 Å². The molecule has 1 N–H and O–H groups in total. The minimum atomic E-state index is -2.93. The minimum Gasteiger partial charge on any atom is -0.346 e. The monoisotopic (exact) mass is 306 g/mol. The number of hydrogen-bond donors (Lipinski definition) is 1. The van der Waals surface area contributed by atoms with Crippen LogP contribution in [-0.4, -0.2) is 30.5 Å². The lowest BCUT2D eigenvalue weighted by atomic mass is 10.2. The van der Waals surface area contributed by atoms with Crippen LogP contribution < -0.4 is 5.32 Å². The zero-order valence-electron chi connectivity index (χ0n) is 12.4. The first-order valence-electron chi connectivity index (χ1n) is 7.59. The molecular weight excluding hydrogens is 284 g/mol. The van der Waals surface area contributed by atoms with Gasteiger partial charge in [0.2, 0.25) is 0 Å². The van der Waals surface area contributed by atoms with Gasteiger partial charge in [-0.25, -0.2) is 8.42 Å². The van der Waals surface area contributed by atoms with Crippen molar-refractivity contribution >= 4 is 20.7 Å². The van der Waals surface area contributed by atoms with Crippen LogP contribution in [0, 0.1) is 0 Å². The molecule has 3 rings (SSSR count). The van der Waals surface area contributed by atoms with E-state index in [1.165, 1.54) is 23.8 Å². The first-order chi connectivity index (χ1) is 10.1. The third-order valence-corrected chi connectivity index (χ3v) is 5.80. The molecule has 0 radical (unpaired) electrons. The molecular formula is C16H22N2O2S. The Morgan fingerprint density at radius 2 is 2.05 bits per heavy atom. The Labute approximate surface area is 126 Å². The Hall–Kier alpha value is -1.33. The average Bonchev–Trinajstić information content (AvgIpc) is 3.25. The third-order valence-electron chi connectivity index (χ3n) is 4.11. The van der Waals surface area contributed by atoms with E-state index in [1.54, 1.807) is 6.92 Å². The van der Waals surface area contributed by atoms with Crippen LogP contribution in [-0.2, 0) is 22.9 Å². The van der Waals surface area contributed by atoms with Crippen molar-refractivity contribution < 1.29 is 8.42 Å². The first kappa shape index (κ1) is 14.6. The summed E-state index contributed by atoms with van der Waals surface area (Å²) in [4.78, 5) is 0. The predicted molar refractivity (Wildman–Crippen MR) is 86.1 cm³/mol. The van der Waals surface area contributed by atoms with Crippen molar-refractivity contribution in [2.24, 2.45) is 0 Å². The van der Waals surface area contributed by atoms with Gasteiger partial charge in [-0.15, -0.1) is 0 Å². The van der Waals surface area contributed by atoms with Gasteiger partial charge in [-0.3, -0.25) is 0 Å². The molecule has 0 bridgehead atoms. The molecule has 0 spiro atoms. The van der Waals surface area contributed by atoms with Crippen LogP contribution in [0.5, 0.6) is 0 Å². The minimum absolute atomic E-state index is 0.206. The first-order valence-corrected chi connectivity index (χ1v) is 9.42. The Bertz CT molecular complexity index is 730. The normalized spacial score (nSPS) is 15.7. The quantitative estimate of drug-likeness (QED) is 0.854. The van der Waals surface area contributed by atoms with Crippen LogP contribution in [0.1, 0.15) is 25.3 Å². The van der Waals surface area contributed by atoms with E-state index in [0.29, 0.717) is 12.6 Å². The van der Waals surface area contributed by atoms with Gasteiger partial charge in [-0.1, -0.05) is 25.1 Å². The maximum atomic E-state index is 11.7. The number of hydrogen-bond acceptors (Lipinski definition) is 3. The lowest BCUT2D eigenvalue weighted by Crippen LogP contribution is -2.15. The Morgan fingerprint density at radius 1 is 1.29 bits per heavy atom. The van der Waals surface area contributed by atoms with Gasteiger partial charge in [0, 0.05) is 42.0 Å². The second kappa shape index (κ2) is 5.81. The molecule has 1 saturated carbocycles. The third kappa shape index (κ3) is 3.47. The number of aryl methyl sites for hydroxylation is 1. The molecule has 0 atom stereocenters. The zero-order chi connectivity index (χ0) is 14.9. The van der Waals surface area contributed by atoms with Crippen LogP contribution in [0.4, 0.5) is 0 Å². The van der Waals surface area contributed by atoms with E-state index >= 15 is 0 Å². The van der Waals surface area contributed by atoms with Gasteiger partial charge in [-0.2, -0.15) is 0 Å². The van der Waals surface area contributed by atoms with Crippen molar-refractivity contribution in [2.75, 3.05) is 11.5 Å². The second-order valence-electron chi connectivity index (χ2n) is 5.76. The Kier molecular flexibility index (Phi) is 4.04. The summed E-state index contributed by atoms with van der Waals surface area (Å²) >= 11 is 0. The van der Waals surface area contributed by atoms with E-state index in [4.69, 9.17) is 0 Å². The summed E-state index contributed by atoms with van der Waals surface area (Å²) in [6.07, 6.45) is 4.64. The summed E-state index contributed by atoms with van der Waals surface area (Å²) < 4.78 is 25.5. The summed E-state index contributed by atoms with van der Waals surface area (Å²) in [6.45, 7) is 3.09. The molecule has 1 aromatic heterocycles. The molecule has 114 valence electrons. The second-order valence-corrected chi connectivity index (χ2v) is 8.23. The van der Waals surface area contributed by atoms with Crippen LogP contribution >= 0.6 is 0 Å². The summed E-state index contributed by atoms with van der Waals surface area (Å²) in [5.74, 6) is 0.417. The standard InChI is InChI=1S/C16H22N2O2S/c1-2-21(19,20)10-9-18-12-13(11-17-14-7-8-14)15-5-3-4-6-16(15)18/h3-6,12,14,17H,2,7-11H2,1H3. The molecule has 0 aliphatic heterocycles. The number of nitrogens with zero attached hydrogens (tertiary/aromatic N) is 1. The molecule has 0 unspecified atom stereocenters. The highest BCUT2D eigenvalue weighted by atomic mass is 32.2. The van der Waals surface area contributed by atoms with Crippen LogP contribution in [0.25, 0.3) is 10.9 Å². The molecule has 5 heteroatoms. The molecule has 21 heavy (non-hydrogen) atoms. The molecule has 4 nitrogen and oxygen atoms in total. The van der Waals surface area contributed by atoms with E-state index in [9.17, 15) is 8.42 Å². The largest absolute Gasteiger partial charge is 0.346 e. The Morgan fingerprint density at radius 3 is 2.76 bits per heavy atom. The van der Waals surface area contributed by atoms with Gasteiger partial charge in [0.1, 0.15) is 0 Å². The van der Waals surface area contributed by atoms with Crippen molar-refractivity contribution in [1.29, 1.82) is 0 Å². The maximum absolute atomic E-state index is 11.7. The average molecular weight is 306 g/mol. The molecule has 1 aromatic carbocycles. The fourth-order valence-corrected chi connectivity index (χ4v) is 3.34. The zero-order valence-corrected chi connectivity index (χ0v) is 13.2. The Balaban J connectivity index is 1.83. The highest BCUT2D eigenvalue weighted by molar-refractivity contribution is 7.91. The van der Waals surface area contributed by atoms with Gasteiger partial charge in [0.25, 0.3) is 0 Å². The number of sulfone groups is 1. The summed E-state index contributed by atoms with van der Waals surface area (Å²) in [6, 6.07) is 8.90. The SMILES string of the molecule is CCS(=O)(=O)CCn1cc(CNC2CC2)c2ccccc21. The summed E-state index contributed by atoms with van der Waals surface area (Å²) in [5.41, 5.74) is 2.38. The van der Waals surface area contributed by atoms with E-state index in [-0.39, 0.29) is 11.5 Å². The number of aromatic nitrogens is 1. The van der Waals surface area contributed by atoms with Gasteiger partial charge in [-0.05, 0) is 24.5 Å². The molecule has 0 saturated heterocycles. The molecule has 1 aliphatic rings. The molecule has 1 heterocycles. The number of benzene rings is 1. The van der Waals surface area contributed by atoms with Gasteiger partial charge in [0.15, 0.2) is 9.84 Å². The number of rotatable bonds is 7. The fraction of sp³-hybridized carbons (Fsp3) is 0.500. The smallest absolute Gasteiger partial charge is 0.151 e. The predicted octanol–water partition coefficient (Wildman–Crippen LogP) is 2.33. The summed E-state index contributed by atoms with van der Waals surface area (Å²) in [5, 5.41) is 4.75. The van der Waals surface area contributed by atoms with Gasteiger partial charge < -0.3 is 9.88 Å². The maximum Gasteiger partial charge on any atom is 0.151 e. The fourth-order valence-electron chi connectivity index (χ4n) is 2.57. The lowest BCUT2D eigenvalue weighted by molar-refractivity contribution is 0.591. The van der Waals surface area contributed by atoms with Crippen molar-refractivity contribution in [3.8, 4) is 0 Å². The van der Waals surface area contributed by atoms with E-state index in [0.717, 1.165) is 12.1 Å². The topological polar surface area (TPSA) is 51.1 Å². The van der Waals surface area contributed by atoms with Gasteiger partial charge in [0.05, 0.1) is 5.75 Å². The number of para-hydroxylation sites is 1. The van der Waals surface area contributed by atoms with Crippen LogP contribution in [0.15, 0.2) is 30.5 Å². The molecule has 1 aliphatic carbocycles. The highest BCUT2D eigenvalue weighted by Crippen LogP contribution is 2.24. The van der Waals surface area contributed by atoms with E-state index < -0.39 is 9.84 Å². The highest BCUT2D eigenvalue weighted by Gasteiger charge is 2.21.